The molecule has 0 atom stereocenters. The maximum atomic E-state index is 12.1. The molecular weight excluding hydrogens is 307 g/mol. The predicted molar refractivity (Wildman–Crippen MR) is 85.1 cm³/mol. The number of rotatable bonds is 3. The Morgan fingerprint density at radius 1 is 1.24 bits per heavy atom. The summed E-state index contributed by atoms with van der Waals surface area (Å²) in [5, 5.41) is 12.9. The first-order valence-corrected chi connectivity index (χ1v) is 7.73. The minimum Gasteiger partial charge on any atom is -0.349 e. The Bertz CT molecular complexity index is 599. The molecule has 2 rings (SSSR count). The first-order valence-electron chi connectivity index (χ1n) is 6.98. The third-order valence-corrected chi connectivity index (χ3v) is 4.30. The molecule has 1 N–H and O–H groups in total. The second kappa shape index (κ2) is 7.49. The molecule has 1 saturated carbocycles. The molecule has 1 amide bonds. The Balaban J connectivity index is 2.10. The molecule has 0 radical (unpaired) electrons. The maximum absolute atomic E-state index is 12.1. The van der Waals surface area contributed by atoms with Gasteiger partial charge in [0.25, 0.3) is 5.91 Å². The summed E-state index contributed by atoms with van der Waals surface area (Å²) < 4.78 is 0. The van der Waals surface area contributed by atoms with Gasteiger partial charge in [-0.3, -0.25) is 4.79 Å². The summed E-state index contributed by atoms with van der Waals surface area (Å²) in [6.07, 6.45) is 6.97. The molecule has 1 aromatic rings. The Morgan fingerprint density at radius 2 is 1.95 bits per heavy atom. The summed E-state index contributed by atoms with van der Waals surface area (Å²) in [4.78, 5) is 12.1. The van der Waals surface area contributed by atoms with Gasteiger partial charge in [-0.25, -0.2) is 0 Å². The lowest BCUT2D eigenvalue weighted by Crippen LogP contribution is -2.36. The fourth-order valence-corrected chi connectivity index (χ4v) is 2.73. The first-order chi connectivity index (χ1) is 10.1. The lowest BCUT2D eigenvalue weighted by Gasteiger charge is -2.22. The van der Waals surface area contributed by atoms with Crippen LogP contribution in [0.25, 0.3) is 6.08 Å². The summed E-state index contributed by atoms with van der Waals surface area (Å²) in [5.74, 6) is -0.324. The standard InChI is InChI=1S/C16H16Cl2N2O/c17-14-7-6-11(9-15(14)18)8-12(10-19)16(21)20-13-4-2-1-3-5-13/h6-9,13H,1-5H2,(H,20,21). The van der Waals surface area contributed by atoms with E-state index in [4.69, 9.17) is 23.2 Å². The van der Waals surface area contributed by atoms with E-state index < -0.39 is 0 Å². The van der Waals surface area contributed by atoms with Crippen LogP contribution >= 0.6 is 23.2 Å². The number of carbonyl (C=O) groups is 1. The average Bonchev–Trinajstić information content (AvgIpc) is 2.49. The van der Waals surface area contributed by atoms with E-state index in [1.54, 1.807) is 18.2 Å². The molecule has 1 aromatic carbocycles. The molecule has 0 spiro atoms. The Kier molecular flexibility index (Phi) is 5.67. The topological polar surface area (TPSA) is 52.9 Å². The van der Waals surface area contributed by atoms with Crippen molar-refractivity contribution in [3.05, 3.63) is 39.4 Å². The summed E-state index contributed by atoms with van der Waals surface area (Å²) in [6.45, 7) is 0. The van der Waals surface area contributed by atoms with Crippen LogP contribution in [0.15, 0.2) is 23.8 Å². The van der Waals surface area contributed by atoms with Gasteiger partial charge in [0.1, 0.15) is 11.6 Å². The highest BCUT2D eigenvalue weighted by Gasteiger charge is 2.18. The average molecular weight is 323 g/mol. The Morgan fingerprint density at radius 3 is 2.57 bits per heavy atom. The van der Waals surface area contributed by atoms with Gasteiger partial charge in [-0.2, -0.15) is 5.26 Å². The molecule has 3 nitrogen and oxygen atoms in total. The van der Waals surface area contributed by atoms with E-state index in [1.807, 2.05) is 6.07 Å². The Hall–Kier alpha value is -1.50. The third-order valence-electron chi connectivity index (χ3n) is 3.56. The minimum absolute atomic E-state index is 0.0824. The molecule has 5 heteroatoms. The molecule has 0 bridgehead atoms. The largest absolute Gasteiger partial charge is 0.349 e. The van der Waals surface area contributed by atoms with Crippen LogP contribution in [0.3, 0.4) is 0 Å². The molecule has 0 saturated heterocycles. The maximum Gasteiger partial charge on any atom is 0.262 e. The van der Waals surface area contributed by atoms with Gasteiger partial charge in [-0.1, -0.05) is 48.5 Å². The molecule has 1 fully saturated rings. The van der Waals surface area contributed by atoms with Gasteiger partial charge in [-0.15, -0.1) is 0 Å². The van der Waals surface area contributed by atoms with E-state index in [0.29, 0.717) is 15.6 Å². The molecule has 0 aromatic heterocycles. The molecule has 1 aliphatic carbocycles. The minimum atomic E-state index is -0.324. The van der Waals surface area contributed by atoms with E-state index in [0.717, 1.165) is 25.7 Å². The molecule has 0 aliphatic heterocycles. The fourth-order valence-electron chi connectivity index (χ4n) is 2.43. The smallest absolute Gasteiger partial charge is 0.262 e. The van der Waals surface area contributed by atoms with Crippen LogP contribution in [0, 0.1) is 11.3 Å². The van der Waals surface area contributed by atoms with E-state index in [2.05, 4.69) is 5.32 Å². The molecule has 21 heavy (non-hydrogen) atoms. The monoisotopic (exact) mass is 322 g/mol. The van der Waals surface area contributed by atoms with Gasteiger partial charge >= 0.3 is 0 Å². The van der Waals surface area contributed by atoms with Crippen LogP contribution in [0.5, 0.6) is 0 Å². The van der Waals surface area contributed by atoms with Crippen molar-refractivity contribution in [1.82, 2.24) is 5.32 Å². The van der Waals surface area contributed by atoms with Crippen LogP contribution in [-0.2, 0) is 4.79 Å². The lowest BCUT2D eigenvalue weighted by molar-refractivity contribution is -0.117. The summed E-state index contributed by atoms with van der Waals surface area (Å²) in [5.41, 5.74) is 0.763. The van der Waals surface area contributed by atoms with Crippen molar-refractivity contribution in [2.45, 2.75) is 38.1 Å². The molecule has 0 unspecified atom stereocenters. The number of halogens is 2. The summed E-state index contributed by atoms with van der Waals surface area (Å²) in [6, 6.07) is 7.12. The van der Waals surface area contributed by atoms with Crippen LogP contribution in [0.2, 0.25) is 10.0 Å². The number of carbonyl (C=O) groups excluding carboxylic acids is 1. The number of amides is 1. The van der Waals surface area contributed by atoms with Gasteiger partial charge < -0.3 is 5.32 Å². The molecular formula is C16H16Cl2N2O. The third kappa shape index (κ3) is 4.49. The number of benzene rings is 1. The van der Waals surface area contributed by atoms with Gasteiger partial charge in [0.2, 0.25) is 0 Å². The summed E-state index contributed by atoms with van der Waals surface area (Å²) >= 11 is 11.8. The number of nitrogens with one attached hydrogen (secondary N) is 1. The van der Waals surface area contributed by atoms with E-state index in [9.17, 15) is 10.1 Å². The SMILES string of the molecule is N#CC(=Cc1ccc(Cl)c(Cl)c1)C(=O)NC1CCCCC1. The van der Waals surface area contributed by atoms with Crippen LogP contribution in [0.1, 0.15) is 37.7 Å². The zero-order valence-electron chi connectivity index (χ0n) is 11.5. The Labute approximate surface area is 134 Å². The van der Waals surface area contributed by atoms with E-state index >= 15 is 0 Å². The first kappa shape index (κ1) is 15.9. The van der Waals surface area contributed by atoms with Gasteiger partial charge in [0, 0.05) is 6.04 Å². The van der Waals surface area contributed by atoms with Crippen molar-refractivity contribution in [2.75, 3.05) is 0 Å². The van der Waals surface area contributed by atoms with Crippen LogP contribution < -0.4 is 5.32 Å². The van der Waals surface area contributed by atoms with Gasteiger partial charge in [0.15, 0.2) is 0 Å². The normalized spacial score (nSPS) is 16.3. The highest BCUT2D eigenvalue weighted by molar-refractivity contribution is 6.42. The zero-order chi connectivity index (χ0) is 15.2. The number of nitrogens with zero attached hydrogens (tertiary/aromatic N) is 1. The van der Waals surface area contributed by atoms with Crippen molar-refractivity contribution in [2.24, 2.45) is 0 Å². The van der Waals surface area contributed by atoms with Crippen LogP contribution in [0.4, 0.5) is 0 Å². The van der Waals surface area contributed by atoms with Crippen molar-refractivity contribution < 1.29 is 4.79 Å². The van der Waals surface area contributed by atoms with E-state index in [1.165, 1.54) is 12.5 Å². The van der Waals surface area contributed by atoms with Gasteiger partial charge in [0.05, 0.1) is 10.0 Å². The van der Waals surface area contributed by atoms with Crippen LogP contribution in [-0.4, -0.2) is 11.9 Å². The summed E-state index contributed by atoms with van der Waals surface area (Å²) in [7, 11) is 0. The van der Waals surface area contributed by atoms with E-state index in [-0.39, 0.29) is 17.5 Å². The van der Waals surface area contributed by atoms with Crippen molar-refractivity contribution in [3.8, 4) is 6.07 Å². The van der Waals surface area contributed by atoms with Gasteiger partial charge in [-0.05, 0) is 36.6 Å². The molecule has 0 heterocycles. The fraction of sp³-hybridized carbons (Fsp3) is 0.375. The predicted octanol–water partition coefficient (Wildman–Crippen LogP) is 4.35. The number of nitriles is 1. The highest BCUT2D eigenvalue weighted by Crippen LogP contribution is 2.24. The van der Waals surface area contributed by atoms with Crippen molar-refractivity contribution in [1.29, 1.82) is 5.26 Å². The number of hydrogen-bond donors (Lipinski definition) is 1. The lowest BCUT2D eigenvalue weighted by atomic mass is 9.95. The number of hydrogen-bond acceptors (Lipinski definition) is 2. The zero-order valence-corrected chi connectivity index (χ0v) is 13.0. The van der Waals surface area contributed by atoms with Crippen molar-refractivity contribution in [3.63, 3.8) is 0 Å². The second-order valence-electron chi connectivity index (χ2n) is 5.15. The quantitative estimate of drug-likeness (QED) is 0.664. The highest BCUT2D eigenvalue weighted by atomic mass is 35.5. The molecule has 1 aliphatic rings. The molecule has 110 valence electrons. The van der Waals surface area contributed by atoms with Crippen molar-refractivity contribution >= 4 is 35.2 Å². The second-order valence-corrected chi connectivity index (χ2v) is 5.97.